The van der Waals surface area contributed by atoms with Crippen molar-refractivity contribution in [3.63, 3.8) is 0 Å². The van der Waals surface area contributed by atoms with E-state index < -0.39 is 0 Å². The molecule has 2 heterocycles. The van der Waals surface area contributed by atoms with Gasteiger partial charge in [-0.25, -0.2) is 0 Å². The SMILES string of the molecule is CCCN1CCCC(NCc2noc(C)n2)CC1. The molecule has 1 saturated heterocycles. The van der Waals surface area contributed by atoms with E-state index in [9.17, 15) is 0 Å². The summed E-state index contributed by atoms with van der Waals surface area (Å²) < 4.78 is 4.97. The fraction of sp³-hybridized carbons (Fsp3) is 0.846. The Bertz CT molecular complexity index is 353. The van der Waals surface area contributed by atoms with Crippen LogP contribution in [0.5, 0.6) is 0 Å². The third-order valence-electron chi connectivity index (χ3n) is 3.48. The molecule has 1 aromatic rings. The van der Waals surface area contributed by atoms with E-state index in [-0.39, 0.29) is 0 Å². The van der Waals surface area contributed by atoms with Crippen LogP contribution in [0.25, 0.3) is 0 Å². The summed E-state index contributed by atoms with van der Waals surface area (Å²) in [5, 5.41) is 7.45. The Morgan fingerprint density at radius 3 is 3.00 bits per heavy atom. The van der Waals surface area contributed by atoms with Crippen molar-refractivity contribution >= 4 is 0 Å². The van der Waals surface area contributed by atoms with Gasteiger partial charge in [-0.05, 0) is 45.3 Å². The molecule has 1 aliphatic rings. The lowest BCUT2D eigenvalue weighted by Gasteiger charge is -2.19. The zero-order chi connectivity index (χ0) is 12.8. The predicted molar refractivity (Wildman–Crippen MR) is 70.2 cm³/mol. The van der Waals surface area contributed by atoms with Gasteiger partial charge in [-0.3, -0.25) is 0 Å². The van der Waals surface area contributed by atoms with Crippen LogP contribution >= 0.6 is 0 Å². The normalized spacial score (nSPS) is 22.0. The molecular formula is C13H24N4O. The Morgan fingerprint density at radius 1 is 1.39 bits per heavy atom. The molecule has 1 N–H and O–H groups in total. The molecule has 0 amide bonds. The maximum absolute atomic E-state index is 4.97. The molecule has 0 saturated carbocycles. The zero-order valence-corrected chi connectivity index (χ0v) is 11.5. The molecule has 0 radical (unpaired) electrons. The second-order valence-electron chi connectivity index (χ2n) is 5.08. The largest absolute Gasteiger partial charge is 0.340 e. The molecule has 1 aromatic heterocycles. The van der Waals surface area contributed by atoms with Crippen molar-refractivity contribution in [3.05, 3.63) is 11.7 Å². The minimum absolute atomic E-state index is 0.589. The summed E-state index contributed by atoms with van der Waals surface area (Å²) in [6, 6.07) is 0.589. The third kappa shape index (κ3) is 4.07. The summed E-state index contributed by atoms with van der Waals surface area (Å²) in [5.74, 6) is 1.41. The molecular weight excluding hydrogens is 228 g/mol. The van der Waals surface area contributed by atoms with Crippen LogP contribution in [0.2, 0.25) is 0 Å². The highest BCUT2D eigenvalue weighted by molar-refractivity contribution is 4.85. The molecule has 1 atom stereocenters. The van der Waals surface area contributed by atoms with Crippen LogP contribution in [0.1, 0.15) is 44.3 Å². The number of likely N-dealkylation sites (tertiary alicyclic amines) is 1. The molecule has 102 valence electrons. The lowest BCUT2D eigenvalue weighted by molar-refractivity contribution is 0.282. The lowest BCUT2D eigenvalue weighted by Crippen LogP contribution is -2.31. The minimum atomic E-state index is 0.589. The molecule has 18 heavy (non-hydrogen) atoms. The average molecular weight is 252 g/mol. The minimum Gasteiger partial charge on any atom is -0.340 e. The quantitative estimate of drug-likeness (QED) is 0.865. The fourth-order valence-corrected chi connectivity index (χ4v) is 2.55. The van der Waals surface area contributed by atoms with Gasteiger partial charge in [0, 0.05) is 13.0 Å². The third-order valence-corrected chi connectivity index (χ3v) is 3.48. The van der Waals surface area contributed by atoms with E-state index in [4.69, 9.17) is 4.52 Å². The predicted octanol–water partition coefficient (Wildman–Crippen LogP) is 1.73. The first kappa shape index (κ1) is 13.5. The van der Waals surface area contributed by atoms with Crippen molar-refractivity contribution in [2.75, 3.05) is 19.6 Å². The Hall–Kier alpha value is -0.940. The van der Waals surface area contributed by atoms with Gasteiger partial charge < -0.3 is 14.7 Å². The molecule has 5 nitrogen and oxygen atoms in total. The summed E-state index contributed by atoms with van der Waals surface area (Å²) in [6.45, 7) is 8.47. The van der Waals surface area contributed by atoms with Crippen LogP contribution in [0, 0.1) is 6.92 Å². The summed E-state index contributed by atoms with van der Waals surface area (Å²) in [4.78, 5) is 6.78. The van der Waals surface area contributed by atoms with E-state index in [2.05, 4.69) is 27.3 Å². The van der Waals surface area contributed by atoms with Gasteiger partial charge in [0.05, 0.1) is 6.54 Å². The summed E-state index contributed by atoms with van der Waals surface area (Å²) in [6.07, 6.45) is 5.00. The first-order valence-electron chi connectivity index (χ1n) is 7.03. The van der Waals surface area contributed by atoms with E-state index in [0.717, 1.165) is 12.4 Å². The number of aryl methyl sites for hydroxylation is 1. The van der Waals surface area contributed by atoms with Crippen LogP contribution in [0.4, 0.5) is 0 Å². The maximum Gasteiger partial charge on any atom is 0.223 e. The summed E-state index contributed by atoms with van der Waals surface area (Å²) in [7, 11) is 0. The molecule has 0 spiro atoms. The highest BCUT2D eigenvalue weighted by atomic mass is 16.5. The van der Waals surface area contributed by atoms with Gasteiger partial charge >= 0.3 is 0 Å². The Balaban J connectivity index is 1.73. The summed E-state index contributed by atoms with van der Waals surface area (Å²) >= 11 is 0. The van der Waals surface area contributed by atoms with E-state index >= 15 is 0 Å². The van der Waals surface area contributed by atoms with E-state index in [1.807, 2.05) is 6.92 Å². The standard InChI is InChI=1S/C13H24N4O/c1-3-7-17-8-4-5-12(6-9-17)14-10-13-15-11(2)18-16-13/h12,14H,3-10H2,1-2H3. The van der Waals surface area contributed by atoms with E-state index in [0.29, 0.717) is 11.9 Å². The van der Waals surface area contributed by atoms with Crippen LogP contribution in [-0.4, -0.2) is 40.7 Å². The van der Waals surface area contributed by atoms with Gasteiger partial charge in [0.25, 0.3) is 0 Å². The summed E-state index contributed by atoms with van der Waals surface area (Å²) in [5.41, 5.74) is 0. The van der Waals surface area contributed by atoms with Crippen LogP contribution in [-0.2, 0) is 6.54 Å². The highest BCUT2D eigenvalue weighted by Gasteiger charge is 2.16. The van der Waals surface area contributed by atoms with Gasteiger partial charge in [-0.2, -0.15) is 4.98 Å². The van der Waals surface area contributed by atoms with Gasteiger partial charge in [0.1, 0.15) is 0 Å². The Kier molecular flexibility index (Phi) is 5.13. The number of hydrogen-bond acceptors (Lipinski definition) is 5. The second kappa shape index (κ2) is 6.85. The average Bonchev–Trinajstić information content (AvgIpc) is 2.64. The molecule has 2 rings (SSSR count). The Labute approximate surface area is 109 Å². The number of nitrogens with zero attached hydrogens (tertiary/aromatic N) is 3. The molecule has 0 aliphatic carbocycles. The van der Waals surface area contributed by atoms with Crippen molar-refractivity contribution in [1.29, 1.82) is 0 Å². The number of nitrogens with one attached hydrogen (secondary N) is 1. The monoisotopic (exact) mass is 252 g/mol. The number of rotatable bonds is 5. The first-order chi connectivity index (χ1) is 8.78. The van der Waals surface area contributed by atoms with Crippen molar-refractivity contribution in [2.45, 2.75) is 52.1 Å². The number of hydrogen-bond donors (Lipinski definition) is 1. The van der Waals surface area contributed by atoms with Crippen molar-refractivity contribution in [1.82, 2.24) is 20.4 Å². The van der Waals surface area contributed by atoms with Gasteiger partial charge in [-0.15, -0.1) is 0 Å². The molecule has 5 heteroatoms. The van der Waals surface area contributed by atoms with Gasteiger partial charge in [0.15, 0.2) is 5.82 Å². The highest BCUT2D eigenvalue weighted by Crippen LogP contribution is 2.11. The van der Waals surface area contributed by atoms with Gasteiger partial charge in [-0.1, -0.05) is 12.1 Å². The smallest absolute Gasteiger partial charge is 0.223 e. The van der Waals surface area contributed by atoms with Crippen LogP contribution in [0.15, 0.2) is 4.52 Å². The van der Waals surface area contributed by atoms with E-state index in [1.54, 1.807) is 0 Å². The van der Waals surface area contributed by atoms with Crippen LogP contribution in [0.3, 0.4) is 0 Å². The van der Waals surface area contributed by atoms with E-state index in [1.165, 1.54) is 45.3 Å². The zero-order valence-electron chi connectivity index (χ0n) is 11.5. The Morgan fingerprint density at radius 2 is 2.28 bits per heavy atom. The fourth-order valence-electron chi connectivity index (χ4n) is 2.55. The lowest BCUT2D eigenvalue weighted by atomic mass is 10.1. The second-order valence-corrected chi connectivity index (χ2v) is 5.08. The maximum atomic E-state index is 4.97. The molecule has 0 aromatic carbocycles. The molecule has 1 aliphatic heterocycles. The topological polar surface area (TPSA) is 54.2 Å². The van der Waals surface area contributed by atoms with Gasteiger partial charge in [0.2, 0.25) is 5.89 Å². The number of aromatic nitrogens is 2. The molecule has 1 fully saturated rings. The van der Waals surface area contributed by atoms with Crippen molar-refractivity contribution in [2.24, 2.45) is 0 Å². The first-order valence-corrected chi connectivity index (χ1v) is 7.03. The van der Waals surface area contributed by atoms with Crippen molar-refractivity contribution in [3.8, 4) is 0 Å². The van der Waals surface area contributed by atoms with Crippen LogP contribution < -0.4 is 5.32 Å². The van der Waals surface area contributed by atoms with Crippen molar-refractivity contribution < 1.29 is 4.52 Å². The molecule has 0 bridgehead atoms. The molecule has 1 unspecified atom stereocenters.